The van der Waals surface area contributed by atoms with Gasteiger partial charge in [0.05, 0.1) is 54.6 Å². The molecule has 0 bridgehead atoms. The number of aromatic nitrogens is 3. The molecule has 4 N–H and O–H groups in total. The van der Waals surface area contributed by atoms with Gasteiger partial charge in [-0.25, -0.2) is 18.5 Å². The number of nitrogens with one attached hydrogen (secondary N) is 2. The van der Waals surface area contributed by atoms with Crippen LogP contribution >= 0.6 is 10.7 Å². The van der Waals surface area contributed by atoms with Crippen LogP contribution in [-0.2, 0) is 4.74 Å². The number of hydrogen-bond acceptors (Lipinski definition) is 8. The molecule has 1 aliphatic carbocycles. The smallest absolute Gasteiger partial charge is 0.215 e. The average molecular weight is 648 g/mol. The van der Waals surface area contributed by atoms with Crippen LogP contribution in [0, 0.1) is 11.6 Å². The van der Waals surface area contributed by atoms with Gasteiger partial charge in [-0.15, -0.1) is 0 Å². The van der Waals surface area contributed by atoms with Crippen LogP contribution in [0.2, 0.25) is 0 Å². The number of anilines is 3. The van der Waals surface area contributed by atoms with Crippen LogP contribution in [0.4, 0.5) is 26.0 Å². The predicted molar refractivity (Wildman–Crippen MR) is 179 cm³/mol. The van der Waals surface area contributed by atoms with Gasteiger partial charge in [-0.05, 0) is 68.0 Å². The lowest BCUT2D eigenvalue weighted by atomic mass is 10.1. The number of nitrogens with zero attached hydrogens (tertiary/aromatic N) is 4. The zero-order chi connectivity index (χ0) is 31.9. The fraction of sp³-hybridized carbons (Fsp3) is 0.333. The van der Waals surface area contributed by atoms with Crippen LogP contribution in [0.1, 0.15) is 48.8 Å². The molecule has 2 aromatic heterocycles. The summed E-state index contributed by atoms with van der Waals surface area (Å²) in [5, 5.41) is 8.28. The number of nitrogen functional groups attached to an aromatic ring is 1. The van der Waals surface area contributed by atoms with Gasteiger partial charge in [-0.2, -0.15) is 5.10 Å². The molecule has 2 fully saturated rings. The second-order valence-corrected chi connectivity index (χ2v) is 13.7. The number of ether oxygens (including phenoxy) is 2. The third-order valence-corrected chi connectivity index (χ3v) is 10.6. The van der Waals surface area contributed by atoms with Crippen molar-refractivity contribution in [3.8, 4) is 5.75 Å². The summed E-state index contributed by atoms with van der Waals surface area (Å²) in [5.41, 5.74) is 10.9. The van der Waals surface area contributed by atoms with E-state index >= 15 is 0 Å². The highest BCUT2D eigenvalue weighted by atomic mass is 32.2. The molecule has 7 rings (SSSR count). The average Bonchev–Trinajstić information content (AvgIpc) is 3.71. The first-order valence-electron chi connectivity index (χ1n) is 15.3. The first-order chi connectivity index (χ1) is 22.3. The molecule has 4 heterocycles. The molecule has 0 spiro atoms. The molecule has 1 saturated carbocycles. The van der Waals surface area contributed by atoms with Crippen molar-refractivity contribution in [2.75, 3.05) is 48.2 Å². The van der Waals surface area contributed by atoms with Crippen molar-refractivity contribution < 1.29 is 23.0 Å². The summed E-state index contributed by atoms with van der Waals surface area (Å²) in [6.45, 7) is 7.03. The normalized spacial score (nSPS) is 19.2. The molecular formula is C33H35F2N7O3S. The maximum atomic E-state index is 14.1. The number of fused-ring (bicyclic) bond motifs is 1. The zero-order valence-electron chi connectivity index (χ0n) is 25.6. The van der Waals surface area contributed by atoms with Crippen LogP contribution in [0.25, 0.3) is 10.9 Å². The molecule has 1 saturated heterocycles. The van der Waals surface area contributed by atoms with E-state index in [2.05, 4.69) is 49.1 Å². The molecular weight excluding hydrogens is 612 g/mol. The van der Waals surface area contributed by atoms with Crippen LogP contribution in [0.3, 0.4) is 0 Å². The van der Waals surface area contributed by atoms with Gasteiger partial charge >= 0.3 is 0 Å². The number of ketones is 1. The van der Waals surface area contributed by atoms with Gasteiger partial charge in [-0.1, -0.05) is 16.7 Å². The number of benzene rings is 2. The number of hydrogen-bond donors (Lipinski definition) is 3. The molecule has 2 unspecified atom stereocenters. The maximum absolute atomic E-state index is 14.1. The zero-order valence-corrected chi connectivity index (χ0v) is 26.4. The molecule has 46 heavy (non-hydrogen) atoms. The first-order valence-corrected chi connectivity index (χ1v) is 16.7. The number of halogens is 2. The summed E-state index contributed by atoms with van der Waals surface area (Å²) < 4.78 is 44.5. The number of carbonyl (C=O) groups excluding carboxylic acids is 1. The second-order valence-electron chi connectivity index (χ2n) is 11.6. The fourth-order valence-electron chi connectivity index (χ4n) is 5.84. The number of dihydropyridines is 1. The molecule has 4 aromatic rings. The SMILES string of the molecule is C/C=S(/Nc1cc2[nH]c(C(=O)c3cnn(C4CN=C(Oc5c(F)cccc5F)C=C4C)c3N)cc2cc1N1CCOCC1)C1CC1. The van der Waals surface area contributed by atoms with Crippen molar-refractivity contribution in [1.82, 2.24) is 14.8 Å². The number of nitrogens with two attached hydrogens (primary N) is 1. The number of morpholine rings is 1. The Balaban J connectivity index is 1.14. The fourth-order valence-corrected chi connectivity index (χ4v) is 7.57. The van der Waals surface area contributed by atoms with E-state index in [1.807, 2.05) is 13.0 Å². The van der Waals surface area contributed by atoms with Crippen LogP contribution < -0.4 is 20.1 Å². The summed E-state index contributed by atoms with van der Waals surface area (Å²) in [4.78, 5) is 23.8. The molecule has 2 aliphatic heterocycles. The molecule has 13 heteroatoms. The Hall–Kier alpha value is -4.49. The molecule has 0 amide bonds. The van der Waals surface area contributed by atoms with Crippen molar-refractivity contribution in [3.05, 3.63) is 77.1 Å². The number of rotatable bonds is 8. The largest absolute Gasteiger partial charge is 0.433 e. The Morgan fingerprint density at radius 3 is 2.65 bits per heavy atom. The first kappa shape index (κ1) is 30.2. The van der Waals surface area contributed by atoms with Crippen LogP contribution in [0.5, 0.6) is 5.75 Å². The minimum Gasteiger partial charge on any atom is -0.433 e. The van der Waals surface area contributed by atoms with Gasteiger partial charge < -0.3 is 29.8 Å². The number of H-pyrrole nitrogens is 1. The highest BCUT2D eigenvalue weighted by Gasteiger charge is 2.28. The summed E-state index contributed by atoms with van der Waals surface area (Å²) in [6, 6.07) is 9.18. The van der Waals surface area contributed by atoms with E-state index in [4.69, 9.17) is 15.2 Å². The quantitative estimate of drug-likeness (QED) is 0.162. The maximum Gasteiger partial charge on any atom is 0.215 e. The highest BCUT2D eigenvalue weighted by molar-refractivity contribution is 8.16. The van der Waals surface area contributed by atoms with E-state index in [0.717, 1.165) is 53.1 Å². The van der Waals surface area contributed by atoms with Crippen LogP contribution in [-0.4, -0.2) is 69.9 Å². The minimum absolute atomic E-state index is 0.0296. The van der Waals surface area contributed by atoms with Gasteiger partial charge in [0.15, 0.2) is 11.6 Å². The minimum atomic E-state index is -0.820. The Kier molecular flexibility index (Phi) is 8.11. The predicted octanol–water partition coefficient (Wildman–Crippen LogP) is 5.85. The van der Waals surface area contributed by atoms with Gasteiger partial charge in [0.2, 0.25) is 17.4 Å². The van der Waals surface area contributed by atoms with Gasteiger partial charge in [0, 0.05) is 35.3 Å². The molecule has 2 aromatic carbocycles. The lowest BCUT2D eigenvalue weighted by Crippen LogP contribution is -2.36. The van der Waals surface area contributed by atoms with Crippen molar-refractivity contribution in [3.63, 3.8) is 0 Å². The summed E-state index contributed by atoms with van der Waals surface area (Å²) >= 11 is 0. The summed E-state index contributed by atoms with van der Waals surface area (Å²) in [5.74, 6) is -2.16. The van der Waals surface area contributed by atoms with E-state index in [1.54, 1.807) is 10.8 Å². The molecule has 240 valence electrons. The molecule has 3 aliphatic rings. The van der Waals surface area contributed by atoms with Gasteiger partial charge in [0.25, 0.3) is 0 Å². The van der Waals surface area contributed by atoms with Crippen LogP contribution in [0.15, 0.2) is 59.2 Å². The number of carbonyl (C=O) groups is 1. The van der Waals surface area contributed by atoms with Crippen molar-refractivity contribution >= 4 is 55.8 Å². The van der Waals surface area contributed by atoms with Gasteiger partial charge in [0.1, 0.15) is 5.82 Å². The topological polar surface area (TPSA) is 123 Å². The van der Waals surface area contributed by atoms with E-state index in [0.29, 0.717) is 24.2 Å². The van der Waals surface area contributed by atoms with E-state index in [-0.39, 0.29) is 40.3 Å². The van der Waals surface area contributed by atoms with E-state index < -0.39 is 23.4 Å². The van der Waals surface area contributed by atoms with Crippen molar-refractivity contribution in [2.45, 2.75) is 38.0 Å². The summed E-state index contributed by atoms with van der Waals surface area (Å²) in [6.07, 6.45) is 5.52. The summed E-state index contributed by atoms with van der Waals surface area (Å²) in [7, 11) is -0.0296. The standard InChI is InChI=1S/C33H35F2N7O3S/c1-3-46(21-7-8-21)40-26-16-25-20(15-28(26)41-9-11-44-12-10-41)14-27(39-25)31(43)22-17-38-42(33(22)36)29-18-37-30(13-19(29)2)45-32-23(34)5-4-6-24(32)35/h3-6,13-17,21,29,39-40H,7-12,18,36H2,1-2H3. The Morgan fingerprint density at radius 1 is 1.20 bits per heavy atom. The Bertz CT molecular complexity index is 1900. The third kappa shape index (κ3) is 5.80. The number of para-hydroxylation sites is 1. The van der Waals surface area contributed by atoms with E-state index in [1.165, 1.54) is 25.1 Å². The second kappa shape index (κ2) is 12.4. The van der Waals surface area contributed by atoms with E-state index in [9.17, 15) is 13.6 Å². The number of aromatic amines is 1. The van der Waals surface area contributed by atoms with Crippen molar-refractivity contribution in [2.24, 2.45) is 4.99 Å². The molecule has 0 radical (unpaired) electrons. The lowest BCUT2D eigenvalue weighted by Gasteiger charge is -2.31. The molecule has 2 atom stereocenters. The molecule has 10 nitrogen and oxygen atoms in total. The Morgan fingerprint density at radius 2 is 1.96 bits per heavy atom. The van der Waals surface area contributed by atoms with Gasteiger partial charge in [-0.3, -0.25) is 4.79 Å². The highest BCUT2D eigenvalue weighted by Crippen LogP contribution is 2.43. The number of aliphatic imine (C=N–C) groups is 1. The lowest BCUT2D eigenvalue weighted by molar-refractivity contribution is 0.103. The Labute approximate surface area is 267 Å². The van der Waals surface area contributed by atoms with Crippen molar-refractivity contribution in [1.29, 1.82) is 0 Å². The third-order valence-electron chi connectivity index (χ3n) is 8.49. The monoisotopic (exact) mass is 647 g/mol.